The molecule has 1 N–H and O–H groups in total. The number of benzene rings is 4. The zero-order chi connectivity index (χ0) is 21.5. The molecule has 154 valence electrons. The molecule has 4 aromatic rings. The molecule has 0 heterocycles. The molecule has 2 aliphatic rings. The van der Waals surface area contributed by atoms with Gasteiger partial charge in [0.1, 0.15) is 0 Å². The van der Waals surface area contributed by atoms with Crippen molar-refractivity contribution in [2.45, 2.75) is 18.8 Å². The number of para-hydroxylation sites is 1. The fourth-order valence-electron chi connectivity index (χ4n) is 5.46. The second-order valence-electron chi connectivity index (χ2n) is 8.76. The summed E-state index contributed by atoms with van der Waals surface area (Å²) in [4.78, 5) is 0. The van der Waals surface area contributed by atoms with Crippen molar-refractivity contribution in [1.82, 2.24) is 0 Å². The van der Waals surface area contributed by atoms with Crippen LogP contribution in [0, 0.1) is 0 Å². The average molecular weight is 412 g/mol. The van der Waals surface area contributed by atoms with Crippen molar-refractivity contribution in [1.29, 1.82) is 0 Å². The number of hydrogen-bond donors (Lipinski definition) is 1. The fraction of sp³-hybridized carbons (Fsp3) is 0.0968. The summed E-state index contributed by atoms with van der Waals surface area (Å²) in [6, 6.07) is 35.0. The number of fused-ring (bicyclic) bond motifs is 3. The van der Waals surface area contributed by atoms with Crippen LogP contribution in [0.3, 0.4) is 0 Å². The van der Waals surface area contributed by atoms with Gasteiger partial charge in [-0.3, -0.25) is 0 Å². The summed E-state index contributed by atoms with van der Waals surface area (Å²) in [7, 11) is 0. The molecular weight excluding hydrogens is 386 g/mol. The summed E-state index contributed by atoms with van der Waals surface area (Å²) >= 11 is 0. The topological polar surface area (TPSA) is 12.0 Å². The van der Waals surface area contributed by atoms with E-state index in [1.165, 1.54) is 39.0 Å². The number of anilines is 2. The quantitative estimate of drug-likeness (QED) is 0.358. The number of nitrogens with one attached hydrogen (secondary N) is 1. The van der Waals surface area contributed by atoms with E-state index >= 15 is 0 Å². The Morgan fingerprint density at radius 1 is 0.656 bits per heavy atom. The summed E-state index contributed by atoms with van der Waals surface area (Å²) in [5.74, 6) is 0. The van der Waals surface area contributed by atoms with Crippen molar-refractivity contribution >= 4 is 16.9 Å². The predicted molar refractivity (Wildman–Crippen MR) is 135 cm³/mol. The van der Waals surface area contributed by atoms with E-state index in [0.717, 1.165) is 17.8 Å². The van der Waals surface area contributed by atoms with Crippen molar-refractivity contribution in [2.75, 3.05) is 5.32 Å². The van der Waals surface area contributed by atoms with Gasteiger partial charge >= 0.3 is 0 Å². The molecule has 32 heavy (non-hydrogen) atoms. The highest BCUT2D eigenvalue weighted by Gasteiger charge is 2.43. The summed E-state index contributed by atoms with van der Waals surface area (Å²) in [6.07, 6.45) is 7.67. The largest absolute Gasteiger partial charge is 0.355 e. The normalized spacial score (nSPS) is 18.2. The van der Waals surface area contributed by atoms with Gasteiger partial charge in [0.05, 0.1) is 0 Å². The average Bonchev–Trinajstić information content (AvgIpc) is 3.47. The van der Waals surface area contributed by atoms with E-state index in [4.69, 9.17) is 0 Å². The van der Waals surface area contributed by atoms with E-state index in [-0.39, 0.29) is 5.41 Å². The molecular formula is C31H25N. The Morgan fingerprint density at radius 2 is 1.31 bits per heavy atom. The highest BCUT2D eigenvalue weighted by atomic mass is 14.9. The van der Waals surface area contributed by atoms with Crippen LogP contribution in [0.4, 0.5) is 11.4 Å². The highest BCUT2D eigenvalue weighted by Crippen LogP contribution is 2.56. The molecule has 0 spiro atoms. The van der Waals surface area contributed by atoms with Crippen LogP contribution >= 0.6 is 0 Å². The highest BCUT2D eigenvalue weighted by molar-refractivity contribution is 5.93. The number of rotatable bonds is 4. The summed E-state index contributed by atoms with van der Waals surface area (Å²) < 4.78 is 0. The lowest BCUT2D eigenvalue weighted by molar-refractivity contribution is 0.711. The van der Waals surface area contributed by atoms with Crippen molar-refractivity contribution in [3.8, 4) is 11.1 Å². The number of allylic oxidation sites excluding steroid dienone is 4. The Balaban J connectivity index is 1.59. The maximum atomic E-state index is 3.68. The third kappa shape index (κ3) is 2.78. The van der Waals surface area contributed by atoms with Gasteiger partial charge in [0.2, 0.25) is 0 Å². The molecule has 1 heteroatoms. The Labute approximate surface area is 189 Å². The summed E-state index contributed by atoms with van der Waals surface area (Å²) in [5.41, 5.74) is 11.5. The smallest absolute Gasteiger partial charge is 0.0467 e. The van der Waals surface area contributed by atoms with Crippen molar-refractivity contribution in [2.24, 2.45) is 0 Å². The van der Waals surface area contributed by atoms with Gasteiger partial charge in [-0.1, -0.05) is 97.1 Å². The van der Waals surface area contributed by atoms with Gasteiger partial charge in [-0.2, -0.15) is 0 Å². The van der Waals surface area contributed by atoms with Crippen molar-refractivity contribution < 1.29 is 0 Å². The fourth-order valence-corrected chi connectivity index (χ4v) is 5.46. The van der Waals surface area contributed by atoms with Gasteiger partial charge in [0.25, 0.3) is 0 Å². The van der Waals surface area contributed by atoms with Gasteiger partial charge in [-0.25, -0.2) is 0 Å². The molecule has 0 saturated heterocycles. The molecule has 1 nitrogen and oxygen atoms in total. The Hall–Kier alpha value is -3.84. The maximum Gasteiger partial charge on any atom is 0.0467 e. The van der Waals surface area contributed by atoms with Gasteiger partial charge < -0.3 is 5.32 Å². The molecule has 0 amide bonds. The Bertz CT molecular complexity index is 1380. The first kappa shape index (κ1) is 18.9. The Morgan fingerprint density at radius 3 is 2.06 bits per heavy atom. The van der Waals surface area contributed by atoms with Gasteiger partial charge in [0.15, 0.2) is 0 Å². The molecule has 0 saturated carbocycles. The molecule has 0 aliphatic heterocycles. The van der Waals surface area contributed by atoms with E-state index in [1.54, 1.807) is 0 Å². The molecule has 0 radical (unpaired) electrons. The summed E-state index contributed by atoms with van der Waals surface area (Å²) in [6.45, 7) is 2.39. The van der Waals surface area contributed by atoms with E-state index in [1.807, 2.05) is 0 Å². The molecule has 0 aromatic heterocycles. The second kappa shape index (κ2) is 7.39. The molecule has 4 aromatic carbocycles. The molecule has 2 aliphatic carbocycles. The molecule has 6 rings (SSSR count). The first-order valence-corrected chi connectivity index (χ1v) is 11.3. The first-order chi connectivity index (χ1) is 15.8. The molecule has 1 unspecified atom stereocenters. The first-order valence-electron chi connectivity index (χ1n) is 11.3. The lowest BCUT2D eigenvalue weighted by atomic mass is 9.71. The van der Waals surface area contributed by atoms with Crippen molar-refractivity contribution in [3.63, 3.8) is 0 Å². The minimum absolute atomic E-state index is 0.222. The van der Waals surface area contributed by atoms with Gasteiger partial charge in [-0.05, 0) is 64.9 Å². The van der Waals surface area contributed by atoms with E-state index in [0.29, 0.717) is 0 Å². The van der Waals surface area contributed by atoms with Crippen LogP contribution < -0.4 is 5.32 Å². The number of hydrogen-bond acceptors (Lipinski definition) is 1. The minimum atomic E-state index is -0.222. The van der Waals surface area contributed by atoms with Crippen molar-refractivity contribution in [3.05, 3.63) is 138 Å². The van der Waals surface area contributed by atoms with E-state index in [2.05, 4.69) is 128 Å². The van der Waals surface area contributed by atoms with Gasteiger partial charge in [-0.15, -0.1) is 0 Å². The van der Waals surface area contributed by atoms with E-state index in [9.17, 15) is 0 Å². The summed E-state index contributed by atoms with van der Waals surface area (Å²) in [5, 5.41) is 3.68. The Kier molecular flexibility index (Phi) is 4.36. The maximum absolute atomic E-state index is 3.68. The third-order valence-corrected chi connectivity index (χ3v) is 6.97. The van der Waals surface area contributed by atoms with Crippen LogP contribution in [0.5, 0.6) is 0 Å². The minimum Gasteiger partial charge on any atom is -0.355 e. The molecule has 1 atom stereocenters. The van der Waals surface area contributed by atoms with Crippen LogP contribution in [0.1, 0.15) is 35.6 Å². The predicted octanol–water partition coefficient (Wildman–Crippen LogP) is 8.11. The van der Waals surface area contributed by atoms with Crippen LogP contribution in [0.2, 0.25) is 0 Å². The molecule has 0 bridgehead atoms. The lowest BCUT2D eigenvalue weighted by Crippen LogP contribution is -2.24. The van der Waals surface area contributed by atoms with Crippen LogP contribution in [-0.4, -0.2) is 0 Å². The van der Waals surface area contributed by atoms with Gasteiger partial charge in [0, 0.05) is 22.4 Å². The van der Waals surface area contributed by atoms with E-state index < -0.39 is 0 Å². The standard InChI is InChI=1S/C31H25N/c1-31(26-18-9-7-16-24(26)22-12-5-6-13-22)27-19-10-8-17-25(27)30-28(31)20-11-21-29(30)32-23-14-3-2-4-15-23/h2-12,14-21,32H,13H2,1H3. The lowest BCUT2D eigenvalue weighted by Gasteiger charge is -2.31. The zero-order valence-corrected chi connectivity index (χ0v) is 18.2. The molecule has 0 fully saturated rings. The van der Waals surface area contributed by atoms with Crippen LogP contribution in [0.15, 0.2) is 115 Å². The zero-order valence-electron chi connectivity index (χ0n) is 18.2. The SMILES string of the molecule is CC1(c2ccccc2C2=CC=CC2)c2ccccc2-c2c(Nc3ccccc3)cccc21. The third-order valence-electron chi connectivity index (χ3n) is 6.97. The second-order valence-corrected chi connectivity index (χ2v) is 8.76. The van der Waals surface area contributed by atoms with Crippen LogP contribution in [-0.2, 0) is 5.41 Å². The van der Waals surface area contributed by atoms with Crippen LogP contribution in [0.25, 0.3) is 16.7 Å². The monoisotopic (exact) mass is 411 g/mol.